The summed E-state index contributed by atoms with van der Waals surface area (Å²) in [6.07, 6.45) is 0.180. The number of hydrogen-bond donors (Lipinski definition) is 0. The van der Waals surface area contributed by atoms with Gasteiger partial charge in [-0.2, -0.15) is 5.26 Å². The van der Waals surface area contributed by atoms with Crippen LogP contribution in [0.2, 0.25) is 0 Å². The first kappa shape index (κ1) is 9.48. The van der Waals surface area contributed by atoms with Gasteiger partial charge < -0.3 is 0 Å². The van der Waals surface area contributed by atoms with Gasteiger partial charge in [-0.05, 0) is 5.56 Å². The highest BCUT2D eigenvalue weighted by Crippen LogP contribution is 2.64. The Labute approximate surface area is 87.1 Å². The molecule has 2 rings (SSSR count). The van der Waals surface area contributed by atoms with Gasteiger partial charge in [0.25, 0.3) is 0 Å². The van der Waals surface area contributed by atoms with E-state index in [2.05, 4.69) is 0 Å². The molecule has 0 spiro atoms. The van der Waals surface area contributed by atoms with Crippen LogP contribution in [0.25, 0.3) is 0 Å². The highest BCUT2D eigenvalue weighted by Gasteiger charge is 2.65. The molecule has 3 unspecified atom stereocenters. The zero-order valence-electron chi connectivity index (χ0n) is 7.45. The molecule has 0 aliphatic heterocycles. The minimum absolute atomic E-state index is 0.180. The van der Waals surface area contributed by atoms with E-state index in [1.165, 1.54) is 0 Å². The van der Waals surface area contributed by atoms with Gasteiger partial charge in [-0.25, -0.2) is 4.39 Å². The first-order chi connectivity index (χ1) is 6.68. The molecular formula is C11H9ClFN. The summed E-state index contributed by atoms with van der Waals surface area (Å²) >= 11 is 5.67. The third kappa shape index (κ3) is 1.38. The number of alkyl halides is 2. The number of rotatable bonds is 2. The zero-order valence-corrected chi connectivity index (χ0v) is 8.21. The van der Waals surface area contributed by atoms with E-state index in [4.69, 9.17) is 16.9 Å². The van der Waals surface area contributed by atoms with Gasteiger partial charge in [0.2, 0.25) is 0 Å². The van der Waals surface area contributed by atoms with Gasteiger partial charge in [0.05, 0.1) is 6.07 Å². The van der Waals surface area contributed by atoms with Crippen molar-refractivity contribution in [3.8, 4) is 6.07 Å². The van der Waals surface area contributed by atoms with Crippen molar-refractivity contribution in [2.24, 2.45) is 5.92 Å². The fourth-order valence-corrected chi connectivity index (χ4v) is 2.28. The van der Waals surface area contributed by atoms with Gasteiger partial charge in [-0.15, -0.1) is 0 Å². The molecule has 14 heavy (non-hydrogen) atoms. The normalized spacial score (nSPS) is 34.9. The van der Waals surface area contributed by atoms with Crippen molar-refractivity contribution in [1.29, 1.82) is 5.26 Å². The van der Waals surface area contributed by atoms with Crippen molar-refractivity contribution in [3.63, 3.8) is 0 Å². The molecule has 1 nitrogen and oxygen atoms in total. The Morgan fingerprint density at radius 2 is 2.07 bits per heavy atom. The lowest BCUT2D eigenvalue weighted by atomic mass is 10.1. The van der Waals surface area contributed by atoms with Gasteiger partial charge in [0.15, 0.2) is 5.13 Å². The van der Waals surface area contributed by atoms with Crippen LogP contribution in [0.1, 0.15) is 17.9 Å². The third-order valence-electron chi connectivity index (χ3n) is 2.67. The van der Waals surface area contributed by atoms with E-state index in [9.17, 15) is 4.39 Å². The summed E-state index contributed by atoms with van der Waals surface area (Å²) in [4.78, 5) is 0. The van der Waals surface area contributed by atoms with Crippen LogP contribution in [0.4, 0.5) is 4.39 Å². The topological polar surface area (TPSA) is 23.8 Å². The minimum Gasteiger partial charge on any atom is -0.225 e. The fourth-order valence-electron chi connectivity index (χ4n) is 1.86. The van der Waals surface area contributed by atoms with Gasteiger partial charge in [0, 0.05) is 18.3 Å². The maximum atomic E-state index is 13.6. The molecule has 72 valence electrons. The molecule has 0 bridgehead atoms. The van der Waals surface area contributed by atoms with Crippen molar-refractivity contribution in [2.45, 2.75) is 17.5 Å². The maximum absolute atomic E-state index is 13.6. The van der Waals surface area contributed by atoms with E-state index in [-0.39, 0.29) is 18.3 Å². The van der Waals surface area contributed by atoms with Crippen LogP contribution >= 0.6 is 11.6 Å². The van der Waals surface area contributed by atoms with Crippen LogP contribution in [0.3, 0.4) is 0 Å². The second-order valence-electron chi connectivity index (χ2n) is 3.53. The van der Waals surface area contributed by atoms with E-state index >= 15 is 0 Å². The Hall–Kier alpha value is -1.07. The molecule has 0 radical (unpaired) electrons. The Morgan fingerprint density at radius 1 is 1.43 bits per heavy atom. The standard InChI is InChI=1S/C11H9ClFN/c12-11(13)9(6-7-14)10(11)8-4-2-1-3-5-8/h1-5,9-10H,6H2. The zero-order chi connectivity index (χ0) is 10.2. The van der Waals surface area contributed by atoms with Crippen molar-refractivity contribution < 1.29 is 4.39 Å². The molecule has 0 saturated heterocycles. The highest BCUT2D eigenvalue weighted by molar-refractivity contribution is 6.26. The molecule has 1 aliphatic rings. The summed E-state index contributed by atoms with van der Waals surface area (Å²) in [6, 6.07) is 11.2. The van der Waals surface area contributed by atoms with Crippen molar-refractivity contribution >= 4 is 11.6 Å². The Bertz CT molecular complexity index is 369. The molecular weight excluding hydrogens is 201 g/mol. The average molecular weight is 210 g/mol. The molecule has 1 aromatic carbocycles. The van der Waals surface area contributed by atoms with E-state index in [0.717, 1.165) is 5.56 Å². The monoisotopic (exact) mass is 209 g/mol. The number of hydrogen-bond acceptors (Lipinski definition) is 1. The molecule has 1 saturated carbocycles. The summed E-state index contributed by atoms with van der Waals surface area (Å²) in [5.41, 5.74) is 0.880. The molecule has 3 atom stereocenters. The third-order valence-corrected chi connectivity index (χ3v) is 3.19. The van der Waals surface area contributed by atoms with Crippen molar-refractivity contribution in [1.82, 2.24) is 0 Å². The largest absolute Gasteiger partial charge is 0.225 e. The van der Waals surface area contributed by atoms with Crippen LogP contribution in [-0.2, 0) is 0 Å². The smallest absolute Gasteiger partial charge is 0.195 e. The summed E-state index contributed by atoms with van der Waals surface area (Å²) in [7, 11) is 0. The number of nitriles is 1. The van der Waals surface area contributed by atoms with Crippen LogP contribution in [0, 0.1) is 17.2 Å². The van der Waals surface area contributed by atoms with Crippen LogP contribution in [0.15, 0.2) is 30.3 Å². The molecule has 0 amide bonds. The first-order valence-electron chi connectivity index (χ1n) is 4.47. The van der Waals surface area contributed by atoms with Gasteiger partial charge in [-0.3, -0.25) is 0 Å². The minimum atomic E-state index is -1.71. The van der Waals surface area contributed by atoms with Crippen molar-refractivity contribution in [2.75, 3.05) is 0 Å². The van der Waals surface area contributed by atoms with Gasteiger partial charge >= 0.3 is 0 Å². The van der Waals surface area contributed by atoms with Crippen molar-refractivity contribution in [3.05, 3.63) is 35.9 Å². The molecule has 3 heteroatoms. The molecule has 0 N–H and O–H groups in total. The van der Waals surface area contributed by atoms with E-state index < -0.39 is 5.13 Å². The van der Waals surface area contributed by atoms with Crippen LogP contribution in [0.5, 0.6) is 0 Å². The summed E-state index contributed by atoms with van der Waals surface area (Å²) in [5, 5.41) is 6.79. The second-order valence-corrected chi connectivity index (χ2v) is 4.11. The maximum Gasteiger partial charge on any atom is 0.195 e. The number of benzene rings is 1. The van der Waals surface area contributed by atoms with Crippen LogP contribution in [-0.4, -0.2) is 5.13 Å². The summed E-state index contributed by atoms with van der Waals surface area (Å²) in [5.74, 6) is -0.665. The fraction of sp³-hybridized carbons (Fsp3) is 0.364. The SMILES string of the molecule is N#CCC1C(c2ccccc2)C1(F)Cl. The first-order valence-corrected chi connectivity index (χ1v) is 4.85. The molecule has 1 aromatic rings. The average Bonchev–Trinajstić information content (AvgIpc) is 2.71. The Morgan fingerprint density at radius 3 is 2.64 bits per heavy atom. The van der Waals surface area contributed by atoms with E-state index in [0.29, 0.717) is 0 Å². The molecule has 1 aliphatic carbocycles. The Kier molecular flexibility index (Phi) is 2.20. The lowest BCUT2D eigenvalue weighted by Gasteiger charge is -1.97. The molecule has 1 fully saturated rings. The lowest BCUT2D eigenvalue weighted by Crippen LogP contribution is -1.91. The predicted molar refractivity (Wildman–Crippen MR) is 52.6 cm³/mol. The highest BCUT2D eigenvalue weighted by atomic mass is 35.5. The van der Waals surface area contributed by atoms with E-state index in [1.807, 2.05) is 36.4 Å². The quantitative estimate of drug-likeness (QED) is 0.687. The number of halogens is 2. The van der Waals surface area contributed by atoms with E-state index in [1.54, 1.807) is 0 Å². The Balaban J connectivity index is 2.20. The van der Waals surface area contributed by atoms with Gasteiger partial charge in [-0.1, -0.05) is 41.9 Å². The second kappa shape index (κ2) is 3.25. The predicted octanol–water partition coefficient (Wildman–Crippen LogP) is 3.22. The molecule has 0 aromatic heterocycles. The number of nitrogens with zero attached hydrogens (tertiary/aromatic N) is 1. The molecule has 0 heterocycles. The van der Waals surface area contributed by atoms with Crippen LogP contribution < -0.4 is 0 Å². The van der Waals surface area contributed by atoms with Gasteiger partial charge in [0.1, 0.15) is 0 Å². The summed E-state index contributed by atoms with van der Waals surface area (Å²) < 4.78 is 13.6. The lowest BCUT2D eigenvalue weighted by molar-refractivity contribution is 0.390. The summed E-state index contributed by atoms with van der Waals surface area (Å²) in [6.45, 7) is 0.